The molecule has 1 aromatic carbocycles. The van der Waals surface area contributed by atoms with Crippen LogP contribution in [0.2, 0.25) is 0 Å². The standard InChI is InChI=1S/C28H40N6O2/c1-7-33(8-2,9-3)13-15-35-27-17-26(24(21-31)22-32)28(18-25(27)23(19-29)20-30)36-16-14-34(10-4,11-5)12-6/h17-18H,7-16H2,1-6H3/q+2. The predicted octanol–water partition coefficient (Wildman–Crippen LogP) is 2.59. The molecule has 36 heavy (non-hydrogen) atoms. The quantitative estimate of drug-likeness (QED) is 0.369. The molecule has 8 heteroatoms. The van der Waals surface area contributed by atoms with Crippen molar-refractivity contribution >= 4 is 11.1 Å². The second-order valence-electron chi connectivity index (χ2n) is 8.77. The molecule has 0 unspecified atom stereocenters. The van der Waals surface area contributed by atoms with Gasteiger partial charge in [-0.05, 0) is 53.7 Å². The van der Waals surface area contributed by atoms with Crippen LogP contribution in [0, 0.1) is 45.3 Å². The van der Waals surface area contributed by atoms with Crippen LogP contribution in [-0.4, -0.2) is 74.5 Å². The average molecular weight is 493 g/mol. The number of nitriles is 4. The zero-order valence-corrected chi connectivity index (χ0v) is 22.7. The lowest BCUT2D eigenvalue weighted by molar-refractivity contribution is -0.923. The number of benzene rings is 1. The molecule has 0 aliphatic heterocycles. The Morgan fingerprint density at radius 3 is 1.08 bits per heavy atom. The fourth-order valence-corrected chi connectivity index (χ4v) is 4.47. The molecule has 0 radical (unpaired) electrons. The van der Waals surface area contributed by atoms with Gasteiger partial charge < -0.3 is 18.4 Å². The maximum atomic E-state index is 9.59. The largest absolute Gasteiger partial charge is 0.487 e. The highest BCUT2D eigenvalue weighted by Crippen LogP contribution is 2.14. The van der Waals surface area contributed by atoms with Crippen molar-refractivity contribution in [1.29, 1.82) is 21.0 Å². The normalized spacial score (nSPS) is 10.9. The number of rotatable bonds is 14. The second-order valence-corrected chi connectivity index (χ2v) is 8.77. The van der Waals surface area contributed by atoms with E-state index in [2.05, 4.69) is 41.5 Å². The molecular formula is C28H40N6O2+2. The first kappa shape index (κ1) is 30.5. The topological polar surface area (TPSA) is 114 Å². The summed E-state index contributed by atoms with van der Waals surface area (Å²) >= 11 is 0. The van der Waals surface area contributed by atoms with Gasteiger partial charge in [0.25, 0.3) is 0 Å². The molecule has 0 heterocycles. The minimum absolute atomic E-state index is 0.111. The van der Waals surface area contributed by atoms with Crippen LogP contribution < -0.4 is 19.9 Å². The Morgan fingerprint density at radius 1 is 0.583 bits per heavy atom. The third-order valence-corrected chi connectivity index (χ3v) is 7.74. The van der Waals surface area contributed by atoms with Crippen molar-refractivity contribution in [2.75, 3.05) is 65.6 Å². The van der Waals surface area contributed by atoms with E-state index in [1.807, 2.05) is 24.3 Å². The lowest BCUT2D eigenvalue weighted by Crippen LogP contribution is -2.50. The van der Waals surface area contributed by atoms with Gasteiger partial charge in [-0.15, -0.1) is 0 Å². The molecule has 0 N–H and O–H groups in total. The summed E-state index contributed by atoms with van der Waals surface area (Å²) in [6, 6.07) is 10.9. The zero-order valence-electron chi connectivity index (χ0n) is 22.7. The van der Waals surface area contributed by atoms with Crippen molar-refractivity contribution in [3.05, 3.63) is 22.6 Å². The Bertz CT molecular complexity index is 1030. The second kappa shape index (κ2) is 14.8. The molecule has 192 valence electrons. The molecule has 1 rings (SSSR count). The van der Waals surface area contributed by atoms with E-state index in [0.29, 0.717) is 35.2 Å². The van der Waals surface area contributed by atoms with Crippen LogP contribution in [0.25, 0.3) is 11.1 Å². The van der Waals surface area contributed by atoms with Crippen molar-refractivity contribution < 1.29 is 18.4 Å². The maximum Gasteiger partial charge on any atom is 0.140 e. The van der Waals surface area contributed by atoms with E-state index in [-0.39, 0.29) is 11.1 Å². The predicted molar refractivity (Wildman–Crippen MR) is 139 cm³/mol. The highest BCUT2D eigenvalue weighted by molar-refractivity contribution is 5.77. The van der Waals surface area contributed by atoms with Crippen molar-refractivity contribution in [2.45, 2.75) is 41.5 Å². The lowest BCUT2D eigenvalue weighted by atomic mass is 10.1. The first-order valence-electron chi connectivity index (χ1n) is 12.8. The van der Waals surface area contributed by atoms with Gasteiger partial charge in [-0.3, -0.25) is 0 Å². The van der Waals surface area contributed by atoms with Gasteiger partial charge in [0.15, 0.2) is 0 Å². The molecule has 1 aromatic rings. The minimum Gasteiger partial charge on any atom is -0.487 e. The van der Waals surface area contributed by atoms with Crippen LogP contribution >= 0.6 is 0 Å². The van der Waals surface area contributed by atoms with Gasteiger partial charge in [-0.1, -0.05) is 0 Å². The summed E-state index contributed by atoms with van der Waals surface area (Å²) in [5.74, 6) is 0.585. The number of quaternary nitrogens is 2. The molecule has 0 amide bonds. The first-order valence-corrected chi connectivity index (χ1v) is 12.8. The Morgan fingerprint density at radius 2 is 0.861 bits per heavy atom. The van der Waals surface area contributed by atoms with Crippen LogP contribution in [-0.2, 0) is 0 Å². The SMILES string of the molecule is CC[N+](CC)(CC)CCOc1cc(=C(C#N)C#N)c(OCC[N+](CC)(CC)CC)cc1=C(C#N)C#N. The third-order valence-electron chi connectivity index (χ3n) is 7.74. The molecule has 0 saturated heterocycles. The minimum atomic E-state index is -0.111. The van der Waals surface area contributed by atoms with E-state index in [4.69, 9.17) is 9.47 Å². The molecule has 0 fully saturated rings. The first-order chi connectivity index (χ1) is 17.3. The summed E-state index contributed by atoms with van der Waals surface area (Å²) in [7, 11) is 0. The van der Waals surface area contributed by atoms with Gasteiger partial charge >= 0.3 is 0 Å². The summed E-state index contributed by atoms with van der Waals surface area (Å²) < 4.78 is 13.9. The number of hydrogen-bond donors (Lipinski definition) is 0. The Kier molecular flexibility index (Phi) is 12.5. The third kappa shape index (κ3) is 7.22. The molecule has 0 bridgehead atoms. The summed E-state index contributed by atoms with van der Waals surface area (Å²) in [6.45, 7) is 20.9. The number of ether oxygens (including phenoxy) is 2. The monoisotopic (exact) mass is 492 g/mol. The maximum absolute atomic E-state index is 9.59. The molecule has 0 aliphatic rings. The fourth-order valence-electron chi connectivity index (χ4n) is 4.47. The highest BCUT2D eigenvalue weighted by atomic mass is 16.5. The van der Waals surface area contributed by atoms with Crippen molar-refractivity contribution in [3.8, 4) is 35.8 Å². The average Bonchev–Trinajstić information content (AvgIpc) is 2.92. The molecule has 0 aliphatic carbocycles. The van der Waals surface area contributed by atoms with Crippen molar-refractivity contribution in [1.82, 2.24) is 0 Å². The fraction of sp³-hybridized carbons (Fsp3) is 0.571. The molecule has 8 nitrogen and oxygen atoms in total. The number of nitrogens with zero attached hydrogens (tertiary/aromatic N) is 6. The summed E-state index contributed by atoms with van der Waals surface area (Å²) in [5.41, 5.74) is -0.222. The van der Waals surface area contributed by atoms with Gasteiger partial charge in [0.1, 0.15) is 73.2 Å². The van der Waals surface area contributed by atoms with E-state index in [9.17, 15) is 21.0 Å². The van der Waals surface area contributed by atoms with Crippen molar-refractivity contribution in [3.63, 3.8) is 0 Å². The Balaban J connectivity index is 3.61. The van der Waals surface area contributed by atoms with Crippen LogP contribution in [0.3, 0.4) is 0 Å². The van der Waals surface area contributed by atoms with Crippen LogP contribution in [0.1, 0.15) is 41.5 Å². The van der Waals surface area contributed by atoms with E-state index in [1.165, 1.54) is 0 Å². The van der Waals surface area contributed by atoms with Gasteiger partial charge in [0.05, 0.1) is 39.3 Å². The van der Waals surface area contributed by atoms with E-state index in [0.717, 1.165) is 61.3 Å². The van der Waals surface area contributed by atoms with Crippen LogP contribution in [0.4, 0.5) is 0 Å². The van der Waals surface area contributed by atoms with E-state index >= 15 is 0 Å². The van der Waals surface area contributed by atoms with E-state index < -0.39 is 0 Å². The van der Waals surface area contributed by atoms with Crippen LogP contribution in [0.15, 0.2) is 12.1 Å². The Hall–Kier alpha value is -3.56. The highest BCUT2D eigenvalue weighted by Gasteiger charge is 2.22. The van der Waals surface area contributed by atoms with E-state index in [1.54, 1.807) is 12.1 Å². The Labute approximate surface area is 216 Å². The number of hydrogen-bond acceptors (Lipinski definition) is 6. The smallest absolute Gasteiger partial charge is 0.140 e. The molecule has 0 atom stereocenters. The zero-order chi connectivity index (χ0) is 27.2. The van der Waals surface area contributed by atoms with Crippen molar-refractivity contribution in [2.24, 2.45) is 0 Å². The van der Waals surface area contributed by atoms with Gasteiger partial charge in [-0.25, -0.2) is 0 Å². The molecule has 0 spiro atoms. The van der Waals surface area contributed by atoms with Gasteiger partial charge in [0.2, 0.25) is 0 Å². The molecule has 0 aromatic heterocycles. The number of likely N-dealkylation sites (N-methyl/N-ethyl adjacent to an activating group) is 2. The lowest BCUT2D eigenvalue weighted by Gasteiger charge is -2.35. The van der Waals surface area contributed by atoms with Gasteiger partial charge in [0, 0.05) is 10.4 Å². The molecule has 0 saturated carbocycles. The van der Waals surface area contributed by atoms with Gasteiger partial charge in [-0.2, -0.15) is 21.0 Å². The summed E-state index contributed by atoms with van der Waals surface area (Å²) in [5, 5.41) is 39.0. The summed E-state index contributed by atoms with van der Waals surface area (Å²) in [4.78, 5) is 0. The summed E-state index contributed by atoms with van der Waals surface area (Å²) in [6.07, 6.45) is 0. The van der Waals surface area contributed by atoms with Crippen LogP contribution in [0.5, 0.6) is 11.5 Å². The molecular weight excluding hydrogens is 452 g/mol.